The number of hydrogen-bond donors (Lipinski definition) is 1. The van der Waals surface area contributed by atoms with Crippen LogP contribution in [0.25, 0.3) is 0 Å². The molecule has 0 fully saturated rings. The number of carbonyl (C=O) groups excluding carboxylic acids is 1. The number of aldehydes is 1. The molecular weight excluding hydrogens is 180 g/mol. The van der Waals surface area contributed by atoms with Gasteiger partial charge in [-0.2, -0.15) is 0 Å². The molecule has 14 heavy (non-hydrogen) atoms. The third-order valence-electron chi connectivity index (χ3n) is 2.99. The number of carboxylic acid groups (broad SMARTS) is 1. The largest absolute Gasteiger partial charge is 0.481 e. The number of hydrogen-bond acceptors (Lipinski definition) is 2. The van der Waals surface area contributed by atoms with Crippen LogP contribution in [-0.2, 0) is 9.59 Å². The SMILES string of the molecule is CC1=CC(C)C(C(C=O)C(=O)O)CC1. The normalized spacial score (nSPS) is 29.1. The number of carbonyl (C=O) groups is 2. The van der Waals surface area contributed by atoms with Gasteiger partial charge in [0.2, 0.25) is 0 Å². The van der Waals surface area contributed by atoms with Crippen LogP contribution in [0.2, 0.25) is 0 Å². The Labute approximate surface area is 83.8 Å². The third kappa shape index (κ3) is 2.22. The Morgan fingerprint density at radius 1 is 1.71 bits per heavy atom. The fourth-order valence-electron chi connectivity index (χ4n) is 2.16. The van der Waals surface area contributed by atoms with Gasteiger partial charge in [0.1, 0.15) is 12.2 Å². The maximum atomic E-state index is 10.8. The molecule has 1 rings (SSSR count). The highest BCUT2D eigenvalue weighted by Gasteiger charge is 2.32. The smallest absolute Gasteiger partial charge is 0.314 e. The van der Waals surface area contributed by atoms with Crippen LogP contribution >= 0.6 is 0 Å². The molecule has 3 nitrogen and oxygen atoms in total. The van der Waals surface area contributed by atoms with E-state index in [-0.39, 0.29) is 11.8 Å². The van der Waals surface area contributed by atoms with Crippen molar-refractivity contribution >= 4 is 12.3 Å². The van der Waals surface area contributed by atoms with Gasteiger partial charge in [-0.1, -0.05) is 18.6 Å². The zero-order valence-corrected chi connectivity index (χ0v) is 8.56. The number of rotatable bonds is 3. The minimum absolute atomic E-state index is 0.0336. The molecule has 0 aliphatic heterocycles. The highest BCUT2D eigenvalue weighted by atomic mass is 16.4. The molecule has 0 saturated heterocycles. The zero-order valence-electron chi connectivity index (χ0n) is 8.56. The van der Waals surface area contributed by atoms with Crippen LogP contribution < -0.4 is 0 Å². The van der Waals surface area contributed by atoms with Crippen molar-refractivity contribution in [3.8, 4) is 0 Å². The first-order chi connectivity index (χ1) is 6.56. The summed E-state index contributed by atoms with van der Waals surface area (Å²) < 4.78 is 0. The van der Waals surface area contributed by atoms with Crippen molar-refractivity contribution in [2.75, 3.05) is 0 Å². The van der Waals surface area contributed by atoms with Gasteiger partial charge in [-0.05, 0) is 31.6 Å². The summed E-state index contributed by atoms with van der Waals surface area (Å²) in [5.74, 6) is -1.68. The van der Waals surface area contributed by atoms with Crippen LogP contribution in [-0.4, -0.2) is 17.4 Å². The van der Waals surface area contributed by atoms with E-state index in [9.17, 15) is 9.59 Å². The highest BCUT2D eigenvalue weighted by molar-refractivity contribution is 5.86. The molecule has 3 atom stereocenters. The molecule has 0 saturated carbocycles. The second kappa shape index (κ2) is 4.40. The molecule has 0 bridgehead atoms. The summed E-state index contributed by atoms with van der Waals surface area (Å²) >= 11 is 0. The number of carboxylic acids is 1. The lowest BCUT2D eigenvalue weighted by Crippen LogP contribution is -2.30. The Morgan fingerprint density at radius 3 is 2.79 bits per heavy atom. The van der Waals surface area contributed by atoms with E-state index in [4.69, 9.17) is 5.11 Å². The average Bonchev–Trinajstić information content (AvgIpc) is 2.09. The molecule has 1 aliphatic rings. The first-order valence-corrected chi connectivity index (χ1v) is 4.91. The zero-order chi connectivity index (χ0) is 10.7. The van der Waals surface area contributed by atoms with E-state index in [0.29, 0.717) is 6.29 Å². The molecule has 0 aromatic heterocycles. The molecular formula is C11H16O3. The van der Waals surface area contributed by atoms with E-state index >= 15 is 0 Å². The van der Waals surface area contributed by atoms with Crippen molar-refractivity contribution in [3.63, 3.8) is 0 Å². The summed E-state index contributed by atoms with van der Waals surface area (Å²) in [4.78, 5) is 21.5. The van der Waals surface area contributed by atoms with Crippen LogP contribution in [0, 0.1) is 17.8 Å². The van der Waals surface area contributed by atoms with Gasteiger partial charge in [0.15, 0.2) is 0 Å². The molecule has 0 spiro atoms. The lowest BCUT2D eigenvalue weighted by molar-refractivity contribution is -0.146. The third-order valence-corrected chi connectivity index (χ3v) is 2.99. The van der Waals surface area contributed by atoms with Gasteiger partial charge in [0, 0.05) is 0 Å². The summed E-state index contributed by atoms with van der Waals surface area (Å²) in [6.07, 6.45) is 4.36. The van der Waals surface area contributed by atoms with Crippen LogP contribution in [0.15, 0.2) is 11.6 Å². The molecule has 0 aromatic rings. The van der Waals surface area contributed by atoms with Gasteiger partial charge in [-0.15, -0.1) is 0 Å². The molecule has 78 valence electrons. The Hall–Kier alpha value is -1.12. The summed E-state index contributed by atoms with van der Waals surface area (Å²) in [5, 5.41) is 8.86. The van der Waals surface area contributed by atoms with Gasteiger partial charge in [0.25, 0.3) is 0 Å². The minimum atomic E-state index is -0.996. The minimum Gasteiger partial charge on any atom is -0.481 e. The van der Waals surface area contributed by atoms with Crippen molar-refractivity contribution in [2.45, 2.75) is 26.7 Å². The topological polar surface area (TPSA) is 54.4 Å². The van der Waals surface area contributed by atoms with Crippen LogP contribution in [0.1, 0.15) is 26.7 Å². The standard InChI is InChI=1S/C11H16O3/c1-7-3-4-9(8(2)5-7)10(6-12)11(13)14/h5-6,8-10H,3-4H2,1-2H3,(H,13,14). The van der Waals surface area contributed by atoms with Crippen molar-refractivity contribution in [1.29, 1.82) is 0 Å². The molecule has 0 aromatic carbocycles. The lowest BCUT2D eigenvalue weighted by Gasteiger charge is -2.28. The summed E-state index contributed by atoms with van der Waals surface area (Å²) in [7, 11) is 0. The molecule has 0 amide bonds. The van der Waals surface area contributed by atoms with Crippen molar-refractivity contribution in [2.24, 2.45) is 17.8 Å². The maximum absolute atomic E-state index is 10.8. The number of aliphatic carboxylic acids is 1. The van der Waals surface area contributed by atoms with E-state index in [2.05, 4.69) is 6.08 Å². The first kappa shape index (κ1) is 11.0. The molecule has 0 heterocycles. The maximum Gasteiger partial charge on any atom is 0.314 e. The van der Waals surface area contributed by atoms with E-state index in [1.54, 1.807) is 0 Å². The highest BCUT2D eigenvalue weighted by Crippen LogP contribution is 2.33. The molecule has 0 radical (unpaired) electrons. The monoisotopic (exact) mass is 196 g/mol. The Kier molecular flexibility index (Phi) is 3.44. The molecule has 1 N–H and O–H groups in total. The summed E-state index contributed by atoms with van der Waals surface area (Å²) in [6, 6.07) is 0. The summed E-state index contributed by atoms with van der Waals surface area (Å²) in [6.45, 7) is 4.02. The van der Waals surface area contributed by atoms with Gasteiger partial charge < -0.3 is 9.90 Å². The fourth-order valence-corrected chi connectivity index (χ4v) is 2.16. The molecule has 3 unspecified atom stereocenters. The van der Waals surface area contributed by atoms with Gasteiger partial charge in [-0.3, -0.25) is 4.79 Å². The second-order valence-corrected chi connectivity index (χ2v) is 4.07. The van der Waals surface area contributed by atoms with Gasteiger partial charge in [-0.25, -0.2) is 0 Å². The molecule has 3 heteroatoms. The quantitative estimate of drug-likeness (QED) is 0.426. The van der Waals surface area contributed by atoms with Crippen molar-refractivity contribution in [3.05, 3.63) is 11.6 Å². The van der Waals surface area contributed by atoms with E-state index in [0.717, 1.165) is 12.8 Å². The van der Waals surface area contributed by atoms with Gasteiger partial charge in [0.05, 0.1) is 0 Å². The molecule has 1 aliphatic carbocycles. The Balaban J connectivity index is 2.78. The van der Waals surface area contributed by atoms with Crippen molar-refractivity contribution in [1.82, 2.24) is 0 Å². The summed E-state index contributed by atoms with van der Waals surface area (Å²) in [5.41, 5.74) is 1.30. The van der Waals surface area contributed by atoms with E-state index in [1.807, 2.05) is 13.8 Å². The van der Waals surface area contributed by atoms with Crippen LogP contribution in [0.4, 0.5) is 0 Å². The Morgan fingerprint density at radius 2 is 2.36 bits per heavy atom. The predicted molar refractivity (Wildman–Crippen MR) is 52.8 cm³/mol. The van der Waals surface area contributed by atoms with Gasteiger partial charge >= 0.3 is 5.97 Å². The predicted octanol–water partition coefficient (Wildman–Crippen LogP) is 1.88. The first-order valence-electron chi connectivity index (χ1n) is 4.91. The van der Waals surface area contributed by atoms with Crippen LogP contribution in [0.5, 0.6) is 0 Å². The lowest BCUT2D eigenvalue weighted by atomic mass is 9.75. The Bertz CT molecular complexity index is 268. The van der Waals surface area contributed by atoms with E-state index < -0.39 is 11.9 Å². The van der Waals surface area contributed by atoms with Crippen LogP contribution in [0.3, 0.4) is 0 Å². The average molecular weight is 196 g/mol. The fraction of sp³-hybridized carbons (Fsp3) is 0.636. The second-order valence-electron chi connectivity index (χ2n) is 4.07. The van der Waals surface area contributed by atoms with Crippen molar-refractivity contribution < 1.29 is 14.7 Å². The number of allylic oxidation sites excluding steroid dienone is 2. The van der Waals surface area contributed by atoms with E-state index in [1.165, 1.54) is 5.57 Å².